The van der Waals surface area contributed by atoms with Gasteiger partial charge in [-0.3, -0.25) is 0 Å². The lowest BCUT2D eigenvalue weighted by atomic mass is 9.97. The lowest BCUT2D eigenvalue weighted by Gasteiger charge is -2.13. The van der Waals surface area contributed by atoms with E-state index in [9.17, 15) is 0 Å². The second kappa shape index (κ2) is 9.18. The van der Waals surface area contributed by atoms with E-state index in [1.165, 1.54) is 27.5 Å². The normalized spacial score (nSPS) is 11.2. The van der Waals surface area contributed by atoms with Gasteiger partial charge in [0.15, 0.2) is 0 Å². The van der Waals surface area contributed by atoms with E-state index < -0.39 is 0 Å². The molecule has 0 aliphatic carbocycles. The Hall–Kier alpha value is -2.43. The fraction of sp³-hybridized carbons (Fsp3) is 0.208. The number of hydrogen-bond acceptors (Lipinski definition) is 2. The Kier molecular flexibility index (Phi) is 6.20. The van der Waals surface area contributed by atoms with Gasteiger partial charge < -0.3 is 9.88 Å². The Morgan fingerprint density at radius 2 is 1.71 bits per heavy atom. The van der Waals surface area contributed by atoms with Gasteiger partial charge in [0, 0.05) is 36.5 Å². The number of benzene rings is 3. The molecule has 4 heteroatoms. The van der Waals surface area contributed by atoms with Crippen molar-refractivity contribution in [2.24, 2.45) is 0 Å². The number of halogens is 1. The summed E-state index contributed by atoms with van der Waals surface area (Å²) in [6, 6.07) is 21.8. The molecule has 4 aromatic rings. The third-order valence-electron chi connectivity index (χ3n) is 5.06. The Labute approximate surface area is 174 Å². The predicted octanol–water partition coefficient (Wildman–Crippen LogP) is 5.72. The molecule has 0 aliphatic heterocycles. The van der Waals surface area contributed by atoms with Crippen LogP contribution in [0.2, 0.25) is 0 Å². The van der Waals surface area contributed by atoms with Gasteiger partial charge in [-0.15, -0.1) is 0 Å². The number of rotatable bonds is 8. The molecule has 4 rings (SSSR count). The molecular formula is C24H24BrN3. The van der Waals surface area contributed by atoms with Crippen molar-refractivity contribution >= 4 is 26.7 Å². The summed E-state index contributed by atoms with van der Waals surface area (Å²) in [7, 11) is 0. The van der Waals surface area contributed by atoms with Crippen LogP contribution in [-0.4, -0.2) is 9.55 Å². The Balaban J connectivity index is 1.44. The van der Waals surface area contributed by atoms with Gasteiger partial charge in [-0.1, -0.05) is 64.5 Å². The molecule has 0 spiro atoms. The summed E-state index contributed by atoms with van der Waals surface area (Å²) < 4.78 is 3.26. The standard InChI is InChI=1S/C24H24BrN3/c25-22-7-3-5-19(15-22)16-27-17-21-11-10-20(23-8-1-2-9-24(21)23)6-4-13-28-14-12-26-18-28/h1-3,5,7-12,14-15,18,27H,4,6,13,16-17H2. The van der Waals surface area contributed by atoms with Gasteiger partial charge in [-0.2, -0.15) is 0 Å². The fourth-order valence-electron chi connectivity index (χ4n) is 3.66. The van der Waals surface area contributed by atoms with E-state index in [0.29, 0.717) is 0 Å². The van der Waals surface area contributed by atoms with E-state index in [-0.39, 0.29) is 0 Å². The summed E-state index contributed by atoms with van der Waals surface area (Å²) in [6.07, 6.45) is 7.94. The smallest absolute Gasteiger partial charge is 0.0945 e. The highest BCUT2D eigenvalue weighted by Crippen LogP contribution is 2.24. The van der Waals surface area contributed by atoms with Crippen LogP contribution in [0.5, 0.6) is 0 Å². The Bertz CT molecular complexity index is 1040. The SMILES string of the molecule is Brc1cccc(CNCc2ccc(CCCn3ccnc3)c3ccccc23)c1. The molecule has 0 fully saturated rings. The average molecular weight is 434 g/mol. The van der Waals surface area contributed by atoms with Crippen molar-refractivity contribution in [2.45, 2.75) is 32.5 Å². The highest BCUT2D eigenvalue weighted by atomic mass is 79.9. The molecule has 0 amide bonds. The van der Waals surface area contributed by atoms with Gasteiger partial charge in [0.1, 0.15) is 0 Å². The molecule has 0 unspecified atom stereocenters. The van der Waals surface area contributed by atoms with Crippen molar-refractivity contribution in [3.8, 4) is 0 Å². The lowest BCUT2D eigenvalue weighted by Crippen LogP contribution is -2.13. The molecule has 0 saturated heterocycles. The Morgan fingerprint density at radius 1 is 0.893 bits per heavy atom. The van der Waals surface area contributed by atoms with Crippen molar-refractivity contribution in [1.29, 1.82) is 0 Å². The fourth-order valence-corrected chi connectivity index (χ4v) is 4.10. The molecule has 0 saturated carbocycles. The summed E-state index contributed by atoms with van der Waals surface area (Å²) in [4.78, 5) is 4.12. The first-order valence-corrected chi connectivity index (χ1v) is 10.5. The minimum absolute atomic E-state index is 0.862. The summed E-state index contributed by atoms with van der Waals surface area (Å²) in [5.41, 5.74) is 4.06. The van der Waals surface area contributed by atoms with Crippen LogP contribution in [0.3, 0.4) is 0 Å². The first kappa shape index (κ1) is 18.9. The number of imidazole rings is 1. The van der Waals surface area contributed by atoms with Crippen LogP contribution in [0.1, 0.15) is 23.1 Å². The van der Waals surface area contributed by atoms with Crippen molar-refractivity contribution in [2.75, 3.05) is 0 Å². The molecule has 142 valence electrons. The molecular weight excluding hydrogens is 410 g/mol. The summed E-state index contributed by atoms with van der Waals surface area (Å²) in [6.45, 7) is 2.73. The zero-order valence-electron chi connectivity index (χ0n) is 15.8. The largest absolute Gasteiger partial charge is 0.337 e. The van der Waals surface area contributed by atoms with Gasteiger partial charge in [-0.25, -0.2) is 4.98 Å². The molecule has 0 aliphatic rings. The van der Waals surface area contributed by atoms with Crippen LogP contribution in [0.4, 0.5) is 0 Å². The second-order valence-corrected chi connectivity index (χ2v) is 7.98. The molecule has 3 nitrogen and oxygen atoms in total. The third-order valence-corrected chi connectivity index (χ3v) is 5.55. The topological polar surface area (TPSA) is 29.9 Å². The van der Waals surface area contributed by atoms with Gasteiger partial charge in [0.05, 0.1) is 6.33 Å². The van der Waals surface area contributed by atoms with Gasteiger partial charge in [0.2, 0.25) is 0 Å². The van der Waals surface area contributed by atoms with E-state index in [1.54, 1.807) is 0 Å². The lowest BCUT2D eigenvalue weighted by molar-refractivity contribution is 0.643. The van der Waals surface area contributed by atoms with Crippen LogP contribution in [0.25, 0.3) is 10.8 Å². The van der Waals surface area contributed by atoms with Crippen molar-refractivity contribution in [3.63, 3.8) is 0 Å². The molecule has 1 N–H and O–H groups in total. The van der Waals surface area contributed by atoms with E-state index in [1.807, 2.05) is 18.7 Å². The maximum absolute atomic E-state index is 4.12. The molecule has 0 bridgehead atoms. The van der Waals surface area contributed by atoms with Gasteiger partial charge >= 0.3 is 0 Å². The first-order chi connectivity index (χ1) is 13.8. The van der Waals surface area contributed by atoms with Crippen molar-refractivity contribution < 1.29 is 0 Å². The molecule has 1 aromatic heterocycles. The molecule has 3 aromatic carbocycles. The number of aryl methyl sites for hydroxylation is 2. The molecule has 28 heavy (non-hydrogen) atoms. The predicted molar refractivity (Wildman–Crippen MR) is 119 cm³/mol. The van der Waals surface area contributed by atoms with Crippen LogP contribution < -0.4 is 5.32 Å². The van der Waals surface area contributed by atoms with Crippen LogP contribution in [0, 0.1) is 0 Å². The second-order valence-electron chi connectivity index (χ2n) is 7.07. The monoisotopic (exact) mass is 433 g/mol. The van der Waals surface area contributed by atoms with Crippen LogP contribution in [0.15, 0.2) is 83.9 Å². The van der Waals surface area contributed by atoms with E-state index in [0.717, 1.165) is 36.9 Å². The summed E-state index contributed by atoms with van der Waals surface area (Å²) in [5, 5.41) is 6.31. The number of nitrogens with one attached hydrogen (secondary N) is 1. The van der Waals surface area contributed by atoms with E-state index in [2.05, 4.69) is 91.5 Å². The highest BCUT2D eigenvalue weighted by molar-refractivity contribution is 9.10. The summed E-state index contributed by atoms with van der Waals surface area (Å²) in [5.74, 6) is 0. The van der Waals surface area contributed by atoms with Crippen molar-refractivity contribution in [1.82, 2.24) is 14.9 Å². The number of nitrogens with zero attached hydrogens (tertiary/aromatic N) is 2. The number of aromatic nitrogens is 2. The maximum atomic E-state index is 4.12. The Morgan fingerprint density at radius 3 is 2.50 bits per heavy atom. The first-order valence-electron chi connectivity index (χ1n) is 9.70. The minimum Gasteiger partial charge on any atom is -0.337 e. The van der Waals surface area contributed by atoms with E-state index in [4.69, 9.17) is 0 Å². The number of fused-ring (bicyclic) bond motifs is 1. The van der Waals surface area contributed by atoms with E-state index >= 15 is 0 Å². The number of hydrogen-bond donors (Lipinski definition) is 1. The average Bonchev–Trinajstić information content (AvgIpc) is 3.23. The quantitative estimate of drug-likeness (QED) is 0.384. The minimum atomic E-state index is 0.862. The summed E-state index contributed by atoms with van der Waals surface area (Å²) >= 11 is 3.54. The van der Waals surface area contributed by atoms with Crippen LogP contribution >= 0.6 is 15.9 Å². The molecule has 1 heterocycles. The zero-order valence-corrected chi connectivity index (χ0v) is 17.4. The maximum Gasteiger partial charge on any atom is 0.0945 e. The van der Waals surface area contributed by atoms with Crippen molar-refractivity contribution in [3.05, 3.63) is 101 Å². The van der Waals surface area contributed by atoms with Crippen LogP contribution in [-0.2, 0) is 26.1 Å². The zero-order chi connectivity index (χ0) is 19.2. The van der Waals surface area contributed by atoms with Gasteiger partial charge in [0.25, 0.3) is 0 Å². The molecule has 0 radical (unpaired) electrons. The van der Waals surface area contributed by atoms with Gasteiger partial charge in [-0.05, 0) is 52.4 Å². The highest BCUT2D eigenvalue weighted by Gasteiger charge is 2.06. The third kappa shape index (κ3) is 4.70. The molecule has 0 atom stereocenters.